The SMILES string of the molecule is O=C(NCCC(O)c1ccco1)NC1CCCCC1. The highest BCUT2D eigenvalue weighted by molar-refractivity contribution is 5.74. The molecule has 0 spiro atoms. The summed E-state index contributed by atoms with van der Waals surface area (Å²) in [5.74, 6) is 0.537. The van der Waals surface area contributed by atoms with Crippen molar-refractivity contribution in [2.24, 2.45) is 0 Å². The second-order valence-electron chi connectivity index (χ2n) is 5.06. The average molecular weight is 266 g/mol. The first-order chi connectivity index (χ1) is 9.25. The Morgan fingerprint density at radius 1 is 1.42 bits per heavy atom. The summed E-state index contributed by atoms with van der Waals surface area (Å²) in [5, 5.41) is 15.5. The summed E-state index contributed by atoms with van der Waals surface area (Å²) >= 11 is 0. The molecule has 106 valence electrons. The quantitative estimate of drug-likeness (QED) is 0.765. The second-order valence-corrected chi connectivity index (χ2v) is 5.06. The molecule has 0 radical (unpaired) electrons. The maximum absolute atomic E-state index is 11.7. The molecule has 0 aromatic carbocycles. The molecule has 2 rings (SSSR count). The number of rotatable bonds is 5. The minimum atomic E-state index is -0.662. The zero-order valence-corrected chi connectivity index (χ0v) is 11.1. The Morgan fingerprint density at radius 3 is 2.89 bits per heavy atom. The van der Waals surface area contributed by atoms with Gasteiger partial charge in [-0.2, -0.15) is 0 Å². The van der Waals surface area contributed by atoms with Gasteiger partial charge in [0, 0.05) is 12.6 Å². The van der Waals surface area contributed by atoms with Crippen molar-refractivity contribution in [1.82, 2.24) is 10.6 Å². The number of furan rings is 1. The van der Waals surface area contributed by atoms with Gasteiger partial charge in [-0.15, -0.1) is 0 Å². The smallest absolute Gasteiger partial charge is 0.315 e. The Balaban J connectivity index is 1.61. The van der Waals surface area contributed by atoms with Gasteiger partial charge in [-0.3, -0.25) is 0 Å². The topological polar surface area (TPSA) is 74.5 Å². The van der Waals surface area contributed by atoms with E-state index in [4.69, 9.17) is 4.42 Å². The van der Waals surface area contributed by atoms with Gasteiger partial charge in [0.05, 0.1) is 6.26 Å². The molecule has 1 aromatic heterocycles. The van der Waals surface area contributed by atoms with Crippen molar-refractivity contribution in [3.63, 3.8) is 0 Å². The van der Waals surface area contributed by atoms with Crippen LogP contribution in [0.4, 0.5) is 4.79 Å². The molecule has 1 fully saturated rings. The molecule has 1 heterocycles. The van der Waals surface area contributed by atoms with Crippen LogP contribution in [0.3, 0.4) is 0 Å². The first-order valence-corrected chi connectivity index (χ1v) is 7.01. The van der Waals surface area contributed by atoms with Crippen LogP contribution in [0.1, 0.15) is 50.4 Å². The summed E-state index contributed by atoms with van der Waals surface area (Å²) in [6.07, 6.45) is 7.13. The number of carbonyl (C=O) groups excluding carboxylic acids is 1. The maximum Gasteiger partial charge on any atom is 0.315 e. The Bertz CT molecular complexity index is 372. The van der Waals surface area contributed by atoms with Crippen molar-refractivity contribution in [1.29, 1.82) is 0 Å². The molecule has 0 bridgehead atoms. The van der Waals surface area contributed by atoms with E-state index in [1.807, 2.05) is 0 Å². The van der Waals surface area contributed by atoms with Crippen molar-refractivity contribution in [2.75, 3.05) is 6.54 Å². The Hall–Kier alpha value is -1.49. The molecule has 1 unspecified atom stereocenters. The predicted octanol–water partition coefficient (Wildman–Crippen LogP) is 2.33. The fourth-order valence-corrected chi connectivity index (χ4v) is 2.43. The number of hydrogen-bond donors (Lipinski definition) is 3. The molecule has 1 aromatic rings. The summed E-state index contributed by atoms with van der Waals surface area (Å²) in [6.45, 7) is 0.431. The van der Waals surface area contributed by atoms with Gasteiger partial charge >= 0.3 is 6.03 Å². The van der Waals surface area contributed by atoms with Gasteiger partial charge in [-0.05, 0) is 31.4 Å². The minimum absolute atomic E-state index is 0.140. The van der Waals surface area contributed by atoms with E-state index >= 15 is 0 Å². The lowest BCUT2D eigenvalue weighted by atomic mass is 9.96. The highest BCUT2D eigenvalue weighted by Gasteiger charge is 2.16. The van der Waals surface area contributed by atoms with Gasteiger partial charge in [0.15, 0.2) is 0 Å². The van der Waals surface area contributed by atoms with Crippen LogP contribution in [0.2, 0.25) is 0 Å². The molecule has 0 saturated heterocycles. The van der Waals surface area contributed by atoms with Gasteiger partial charge in [0.1, 0.15) is 11.9 Å². The third-order valence-corrected chi connectivity index (χ3v) is 3.52. The molecule has 1 aliphatic carbocycles. The monoisotopic (exact) mass is 266 g/mol. The van der Waals surface area contributed by atoms with Crippen LogP contribution in [0, 0.1) is 0 Å². The number of aliphatic hydroxyl groups is 1. The number of nitrogens with one attached hydrogen (secondary N) is 2. The van der Waals surface area contributed by atoms with Gasteiger partial charge in [-0.25, -0.2) is 4.79 Å². The van der Waals surface area contributed by atoms with Crippen molar-refractivity contribution < 1.29 is 14.3 Å². The van der Waals surface area contributed by atoms with Crippen LogP contribution in [0.25, 0.3) is 0 Å². The molecule has 2 amide bonds. The number of urea groups is 1. The molecule has 1 saturated carbocycles. The van der Waals surface area contributed by atoms with Crippen LogP contribution in [-0.2, 0) is 0 Å². The molecule has 0 aliphatic heterocycles. The van der Waals surface area contributed by atoms with E-state index in [1.54, 1.807) is 12.1 Å². The predicted molar refractivity (Wildman–Crippen MR) is 71.7 cm³/mol. The molecule has 5 heteroatoms. The van der Waals surface area contributed by atoms with E-state index in [0.29, 0.717) is 24.8 Å². The van der Waals surface area contributed by atoms with E-state index in [0.717, 1.165) is 12.8 Å². The molecule has 5 nitrogen and oxygen atoms in total. The van der Waals surface area contributed by atoms with Crippen molar-refractivity contribution in [2.45, 2.75) is 50.7 Å². The second kappa shape index (κ2) is 7.19. The number of hydrogen-bond acceptors (Lipinski definition) is 3. The van der Waals surface area contributed by atoms with Crippen molar-refractivity contribution >= 4 is 6.03 Å². The Morgan fingerprint density at radius 2 is 2.21 bits per heavy atom. The summed E-state index contributed by atoms with van der Waals surface area (Å²) in [6, 6.07) is 3.64. The molecule has 1 atom stereocenters. The first kappa shape index (κ1) is 13.9. The summed E-state index contributed by atoms with van der Waals surface area (Å²) in [4.78, 5) is 11.7. The van der Waals surface area contributed by atoms with E-state index in [2.05, 4.69) is 10.6 Å². The van der Waals surface area contributed by atoms with Crippen molar-refractivity contribution in [3.8, 4) is 0 Å². The van der Waals surface area contributed by atoms with Crippen LogP contribution in [0.15, 0.2) is 22.8 Å². The maximum atomic E-state index is 11.7. The first-order valence-electron chi connectivity index (χ1n) is 7.01. The Labute approximate surface area is 113 Å². The molecular formula is C14H22N2O3. The van der Waals surface area contributed by atoms with Crippen LogP contribution in [-0.4, -0.2) is 23.7 Å². The highest BCUT2D eigenvalue weighted by Crippen LogP contribution is 2.17. The highest BCUT2D eigenvalue weighted by atomic mass is 16.4. The van der Waals surface area contributed by atoms with E-state index in [1.165, 1.54) is 25.5 Å². The Kier molecular flexibility index (Phi) is 5.27. The summed E-state index contributed by atoms with van der Waals surface area (Å²) in [7, 11) is 0. The fraction of sp³-hybridized carbons (Fsp3) is 0.643. The lowest BCUT2D eigenvalue weighted by Crippen LogP contribution is -2.43. The lowest BCUT2D eigenvalue weighted by Gasteiger charge is -2.23. The van der Waals surface area contributed by atoms with E-state index < -0.39 is 6.10 Å². The third-order valence-electron chi connectivity index (χ3n) is 3.52. The number of amides is 2. The number of aliphatic hydroxyl groups excluding tert-OH is 1. The number of carbonyl (C=O) groups is 1. The summed E-state index contributed by atoms with van der Waals surface area (Å²) < 4.78 is 5.10. The molecular weight excluding hydrogens is 244 g/mol. The van der Waals surface area contributed by atoms with Crippen LogP contribution in [0.5, 0.6) is 0 Å². The largest absolute Gasteiger partial charge is 0.467 e. The molecule has 3 N–H and O–H groups in total. The standard InChI is InChI=1S/C14H22N2O3/c17-12(13-7-4-10-19-13)8-9-15-14(18)16-11-5-2-1-3-6-11/h4,7,10-12,17H,1-3,5-6,8-9H2,(H2,15,16,18). The van der Waals surface area contributed by atoms with E-state index in [-0.39, 0.29) is 6.03 Å². The fourth-order valence-electron chi connectivity index (χ4n) is 2.43. The molecule has 1 aliphatic rings. The zero-order valence-electron chi connectivity index (χ0n) is 11.1. The third kappa shape index (κ3) is 4.59. The zero-order chi connectivity index (χ0) is 13.5. The minimum Gasteiger partial charge on any atom is -0.467 e. The molecule has 19 heavy (non-hydrogen) atoms. The van der Waals surface area contributed by atoms with Gasteiger partial charge in [0.25, 0.3) is 0 Å². The van der Waals surface area contributed by atoms with Gasteiger partial charge in [-0.1, -0.05) is 19.3 Å². The van der Waals surface area contributed by atoms with Crippen LogP contribution < -0.4 is 10.6 Å². The normalized spacial score (nSPS) is 17.9. The van der Waals surface area contributed by atoms with Gasteiger partial charge < -0.3 is 20.2 Å². The summed E-state index contributed by atoms with van der Waals surface area (Å²) in [5.41, 5.74) is 0. The lowest BCUT2D eigenvalue weighted by molar-refractivity contribution is 0.140. The van der Waals surface area contributed by atoms with Crippen molar-refractivity contribution in [3.05, 3.63) is 24.2 Å². The average Bonchev–Trinajstić information content (AvgIpc) is 2.93. The van der Waals surface area contributed by atoms with Gasteiger partial charge in [0.2, 0.25) is 0 Å². The van der Waals surface area contributed by atoms with Crippen LogP contribution >= 0.6 is 0 Å². The van der Waals surface area contributed by atoms with E-state index in [9.17, 15) is 9.90 Å².